The number of ketones is 1. The second kappa shape index (κ2) is 16.7. The number of thioether (sulfide) groups is 1. The van der Waals surface area contributed by atoms with Crippen LogP contribution < -0.4 is 0 Å². The summed E-state index contributed by atoms with van der Waals surface area (Å²) < 4.78 is 0. The van der Waals surface area contributed by atoms with Gasteiger partial charge >= 0.3 is 0 Å². The number of benzene rings is 2. The van der Waals surface area contributed by atoms with Crippen LogP contribution in [0.5, 0.6) is 0 Å². The number of hydrogen-bond acceptors (Lipinski definition) is 5. The van der Waals surface area contributed by atoms with Crippen molar-refractivity contribution in [2.45, 2.75) is 113 Å². The number of hydrogen-bond donors (Lipinski definition) is 1. The molecule has 2 aromatic heterocycles. The Balaban J connectivity index is 0.000000289. The summed E-state index contributed by atoms with van der Waals surface area (Å²) in [4.78, 5) is 21.2. The van der Waals surface area contributed by atoms with Crippen LogP contribution in [0.1, 0.15) is 110 Å². The molecule has 279 valence electrons. The predicted molar refractivity (Wildman–Crippen MR) is 224 cm³/mol. The Morgan fingerprint density at radius 3 is 2.17 bits per heavy atom. The van der Waals surface area contributed by atoms with Crippen molar-refractivity contribution in [3.63, 3.8) is 0 Å². The maximum atomic E-state index is 12.2. The molecule has 1 radical (unpaired) electrons. The zero-order chi connectivity index (χ0) is 37.3. The van der Waals surface area contributed by atoms with E-state index >= 15 is 0 Å². The average molecular weight is 911 g/mol. The Labute approximate surface area is 334 Å². The number of aliphatic hydroxyl groups excluding tert-OH is 1. The molecule has 0 spiro atoms. The first kappa shape index (κ1) is 42.0. The molecule has 0 saturated heterocycles. The minimum atomic E-state index is -0.337. The van der Waals surface area contributed by atoms with Gasteiger partial charge in [-0.05, 0) is 56.1 Å². The van der Waals surface area contributed by atoms with Crippen LogP contribution >= 0.6 is 23.1 Å². The Morgan fingerprint density at radius 1 is 0.923 bits per heavy atom. The summed E-state index contributed by atoms with van der Waals surface area (Å²) in [5.41, 5.74) is 5.55. The first-order valence-corrected chi connectivity index (χ1v) is 20.3. The van der Waals surface area contributed by atoms with Crippen LogP contribution in [-0.2, 0) is 30.3 Å². The second-order valence-electron chi connectivity index (χ2n) is 15.8. The number of aromatic nitrogens is 1. The van der Waals surface area contributed by atoms with Crippen molar-refractivity contribution in [2.24, 2.45) is 16.7 Å². The predicted octanol–water partition coefficient (Wildman–Crippen LogP) is 13.7. The van der Waals surface area contributed by atoms with Gasteiger partial charge in [0.25, 0.3) is 0 Å². The summed E-state index contributed by atoms with van der Waals surface area (Å²) in [6.07, 6.45) is 16.2. The fourth-order valence-electron chi connectivity index (χ4n) is 6.75. The molecule has 0 fully saturated rings. The number of thiophene rings is 1. The van der Waals surface area contributed by atoms with E-state index in [2.05, 4.69) is 107 Å². The number of aliphatic hydroxyl groups is 1. The van der Waals surface area contributed by atoms with E-state index in [0.29, 0.717) is 11.2 Å². The zero-order valence-electron chi connectivity index (χ0n) is 32.9. The summed E-state index contributed by atoms with van der Waals surface area (Å²) in [6.45, 7) is 23.4. The standard InChI is InChI=1S/C31H28NS2.C15H28O2.Ir/c1-18-19(2)33-30-29(18)24(28-16-21-11-7-9-13-27(21)34-28)17-26(32-30)22-14-20-10-6-8-12-23(20)25(15-22)31(3,4)5;1-7-14(5,8-2)12(16)11-13(17)15(6,9-3)10-4;/h6-13,15-17,21,27H,1-5H3;11,16H,7-10H2,1-6H3;/q-1;;/b;12-11-;. The van der Waals surface area contributed by atoms with Crippen molar-refractivity contribution in [1.82, 2.24) is 4.98 Å². The van der Waals surface area contributed by atoms with Crippen LogP contribution in [0, 0.1) is 36.7 Å². The van der Waals surface area contributed by atoms with Gasteiger partial charge in [-0.3, -0.25) is 9.78 Å². The molecular formula is C46H56IrNO2S2-. The Bertz CT molecular complexity index is 2050. The molecule has 2 unspecified atom stereocenters. The number of allylic oxidation sites excluding steroid dienone is 6. The summed E-state index contributed by atoms with van der Waals surface area (Å²) in [5, 5.41) is 14.4. The molecule has 2 aromatic carbocycles. The molecule has 2 atom stereocenters. The van der Waals surface area contributed by atoms with E-state index in [1.165, 1.54) is 43.3 Å². The SMILES string of the molecule is CCC(C)(CC)C(=O)/C=C(\O)C(C)(CC)CC.Cc1sc2nc(-c3[c-]c4ccccc4c(C(C)(C)C)c3)cc(C3=CC4C=CC=CC4S3)c2c1C.[Ir]. The summed E-state index contributed by atoms with van der Waals surface area (Å²) >= 11 is 3.79. The number of nitrogens with zero attached hydrogens (tertiary/aromatic N) is 1. The molecule has 1 aliphatic heterocycles. The summed E-state index contributed by atoms with van der Waals surface area (Å²) in [7, 11) is 0. The maximum Gasteiger partial charge on any atom is 0.164 e. The Hall–Kier alpha value is -2.76. The van der Waals surface area contributed by atoms with Gasteiger partial charge in [0.1, 0.15) is 10.6 Å². The summed E-state index contributed by atoms with van der Waals surface area (Å²) in [5.74, 6) is 0.755. The minimum absolute atomic E-state index is 0. The molecule has 4 aromatic rings. The van der Waals surface area contributed by atoms with Crippen molar-refractivity contribution in [2.75, 3.05) is 0 Å². The van der Waals surface area contributed by atoms with E-state index in [-0.39, 0.29) is 47.9 Å². The van der Waals surface area contributed by atoms with Crippen molar-refractivity contribution in [3.05, 3.63) is 106 Å². The third-order valence-corrected chi connectivity index (χ3v) is 14.1. The van der Waals surface area contributed by atoms with Crippen LogP contribution in [0.3, 0.4) is 0 Å². The van der Waals surface area contributed by atoms with Crippen LogP contribution in [0.15, 0.2) is 78.6 Å². The van der Waals surface area contributed by atoms with Crippen LogP contribution in [-0.4, -0.2) is 21.1 Å². The van der Waals surface area contributed by atoms with Gasteiger partial charge in [0.15, 0.2) is 5.78 Å². The smallest absolute Gasteiger partial charge is 0.164 e. The molecule has 52 heavy (non-hydrogen) atoms. The van der Waals surface area contributed by atoms with Crippen LogP contribution in [0.25, 0.3) is 37.2 Å². The topological polar surface area (TPSA) is 50.2 Å². The van der Waals surface area contributed by atoms with E-state index in [1.54, 1.807) is 0 Å². The number of rotatable bonds is 9. The molecule has 3 heterocycles. The number of carbonyl (C=O) groups excluding carboxylic acids is 1. The maximum absolute atomic E-state index is 12.2. The van der Waals surface area contributed by atoms with E-state index in [9.17, 15) is 9.90 Å². The van der Waals surface area contributed by atoms with Gasteiger partial charge in [-0.25, -0.2) is 0 Å². The van der Waals surface area contributed by atoms with Gasteiger partial charge in [-0.2, -0.15) is 0 Å². The fraction of sp³-hybridized carbons (Fsp3) is 0.435. The van der Waals surface area contributed by atoms with E-state index in [4.69, 9.17) is 4.98 Å². The number of fused-ring (bicyclic) bond motifs is 3. The first-order chi connectivity index (χ1) is 24.1. The van der Waals surface area contributed by atoms with Crippen molar-refractivity contribution in [1.29, 1.82) is 0 Å². The average Bonchev–Trinajstić information content (AvgIpc) is 3.69. The zero-order valence-corrected chi connectivity index (χ0v) is 36.9. The number of carbonyl (C=O) groups is 1. The first-order valence-electron chi connectivity index (χ1n) is 18.6. The molecular weight excluding hydrogens is 855 g/mol. The molecule has 1 aliphatic carbocycles. The summed E-state index contributed by atoms with van der Waals surface area (Å²) in [6, 6.07) is 16.9. The van der Waals surface area contributed by atoms with Crippen molar-refractivity contribution in [3.8, 4) is 11.3 Å². The normalized spacial score (nSPS) is 17.4. The van der Waals surface area contributed by atoms with E-state index < -0.39 is 0 Å². The molecule has 6 rings (SSSR count). The van der Waals surface area contributed by atoms with Crippen LogP contribution in [0.2, 0.25) is 0 Å². The largest absolute Gasteiger partial charge is 0.512 e. The molecule has 0 bridgehead atoms. The monoisotopic (exact) mass is 911 g/mol. The van der Waals surface area contributed by atoms with E-state index in [0.717, 1.165) is 47.2 Å². The molecule has 6 heteroatoms. The van der Waals surface area contributed by atoms with Gasteiger partial charge in [-0.1, -0.05) is 128 Å². The Morgan fingerprint density at radius 2 is 1.56 bits per heavy atom. The number of pyridine rings is 1. The third-order valence-electron chi connectivity index (χ3n) is 11.6. The second-order valence-corrected chi connectivity index (χ2v) is 18.2. The van der Waals surface area contributed by atoms with Crippen molar-refractivity contribution < 1.29 is 30.0 Å². The van der Waals surface area contributed by atoms with Crippen LogP contribution in [0.4, 0.5) is 0 Å². The van der Waals surface area contributed by atoms with Gasteiger partial charge < -0.3 is 5.11 Å². The van der Waals surface area contributed by atoms with Gasteiger partial charge in [0.2, 0.25) is 0 Å². The molecule has 0 amide bonds. The number of aryl methyl sites for hydroxylation is 2. The minimum Gasteiger partial charge on any atom is -0.512 e. The molecule has 0 saturated carbocycles. The Kier molecular flexibility index (Phi) is 13.5. The molecule has 3 nitrogen and oxygen atoms in total. The van der Waals surface area contributed by atoms with Gasteiger partial charge in [-0.15, -0.1) is 52.2 Å². The third kappa shape index (κ3) is 8.46. The van der Waals surface area contributed by atoms with Gasteiger partial charge in [0, 0.05) is 69.0 Å². The molecule has 2 aliphatic rings. The van der Waals surface area contributed by atoms with E-state index in [1.807, 2.05) is 64.6 Å². The molecule has 1 N–H and O–H groups in total. The quantitative estimate of drug-likeness (QED) is 0.103. The van der Waals surface area contributed by atoms with Gasteiger partial charge in [0.05, 0.1) is 0 Å². The fourth-order valence-corrected chi connectivity index (χ4v) is 9.11. The van der Waals surface area contributed by atoms with Crippen molar-refractivity contribution >= 4 is 54.8 Å².